The molecule has 1 aromatic carbocycles. The second-order valence-electron chi connectivity index (χ2n) is 8.28. The average molecular weight is 366 g/mol. The number of ether oxygens (including phenoxy) is 2. The Kier molecular flexibility index (Phi) is 3.99. The molecule has 0 spiro atoms. The van der Waals surface area contributed by atoms with E-state index in [4.69, 9.17) is 14.6 Å². The summed E-state index contributed by atoms with van der Waals surface area (Å²) in [4.78, 5) is 12.7. The van der Waals surface area contributed by atoms with Gasteiger partial charge < -0.3 is 9.47 Å². The first-order valence-electron chi connectivity index (χ1n) is 10.1. The van der Waals surface area contributed by atoms with Crippen molar-refractivity contribution in [3.05, 3.63) is 41.2 Å². The van der Waals surface area contributed by atoms with Gasteiger partial charge in [0.05, 0.1) is 25.1 Å². The lowest BCUT2D eigenvalue weighted by atomic mass is 9.67. The SMILES string of the molecule is CCOC(=O)c1nn(-c2ccc(OC)cc2)c2c1C1CC3CC(C1)CC2C3. The summed E-state index contributed by atoms with van der Waals surface area (Å²) in [7, 11) is 1.67. The van der Waals surface area contributed by atoms with Gasteiger partial charge in [0.15, 0.2) is 5.69 Å². The Morgan fingerprint density at radius 3 is 2.37 bits per heavy atom. The molecule has 142 valence electrons. The molecule has 2 fully saturated rings. The third-order valence-electron chi connectivity index (χ3n) is 6.68. The van der Waals surface area contributed by atoms with E-state index in [0.717, 1.165) is 23.3 Å². The molecule has 0 N–H and O–H groups in total. The Bertz CT molecular complexity index is 856. The lowest BCUT2D eigenvalue weighted by Crippen LogP contribution is -2.27. The van der Waals surface area contributed by atoms with Crippen LogP contribution in [0.1, 0.15) is 72.6 Å². The van der Waals surface area contributed by atoms with Gasteiger partial charge in [-0.25, -0.2) is 9.48 Å². The molecule has 2 unspecified atom stereocenters. The fraction of sp³-hybridized carbons (Fsp3) is 0.545. The summed E-state index contributed by atoms with van der Waals surface area (Å²) in [5.74, 6) is 3.07. The van der Waals surface area contributed by atoms with Crippen LogP contribution < -0.4 is 4.74 Å². The molecule has 6 rings (SSSR count). The number of methoxy groups -OCH3 is 1. The van der Waals surface area contributed by atoms with Crippen molar-refractivity contribution < 1.29 is 14.3 Å². The van der Waals surface area contributed by atoms with Crippen LogP contribution in [0.25, 0.3) is 5.69 Å². The molecular formula is C22H26N2O3. The largest absolute Gasteiger partial charge is 0.497 e. The van der Waals surface area contributed by atoms with E-state index in [1.165, 1.54) is 43.4 Å². The third kappa shape index (κ3) is 2.67. The second kappa shape index (κ2) is 6.39. The van der Waals surface area contributed by atoms with Crippen molar-refractivity contribution in [2.24, 2.45) is 11.8 Å². The van der Waals surface area contributed by atoms with E-state index in [-0.39, 0.29) is 5.97 Å². The van der Waals surface area contributed by atoms with Gasteiger partial charge in [-0.05, 0) is 81.0 Å². The molecule has 1 heterocycles. The summed E-state index contributed by atoms with van der Waals surface area (Å²) in [6.45, 7) is 2.23. The highest BCUT2D eigenvalue weighted by molar-refractivity contribution is 5.90. The number of hydrogen-bond acceptors (Lipinski definition) is 4. The molecule has 4 aliphatic rings. The van der Waals surface area contributed by atoms with E-state index in [2.05, 4.69) is 0 Å². The monoisotopic (exact) mass is 366 g/mol. The van der Waals surface area contributed by atoms with Crippen molar-refractivity contribution in [2.75, 3.05) is 13.7 Å². The van der Waals surface area contributed by atoms with Gasteiger partial charge in [0.1, 0.15) is 5.75 Å². The van der Waals surface area contributed by atoms with E-state index in [0.29, 0.717) is 24.1 Å². The molecule has 5 nitrogen and oxygen atoms in total. The van der Waals surface area contributed by atoms with Crippen molar-refractivity contribution in [3.8, 4) is 11.4 Å². The van der Waals surface area contributed by atoms with Gasteiger partial charge in [-0.1, -0.05) is 0 Å². The smallest absolute Gasteiger partial charge is 0.359 e. The standard InChI is InChI=1S/C22H26N2O3/c1-3-27-22(25)20-19-15-9-13-8-14(10-15)12-16(11-13)21(19)24(23-20)17-4-6-18(26-2)7-5-17/h4-7,13-16H,3,8-12H2,1-2H3. The zero-order chi connectivity index (χ0) is 18.5. The average Bonchev–Trinajstić information content (AvgIpc) is 3.00. The van der Waals surface area contributed by atoms with Crippen molar-refractivity contribution in [1.29, 1.82) is 0 Å². The predicted molar refractivity (Wildman–Crippen MR) is 102 cm³/mol. The van der Waals surface area contributed by atoms with E-state index in [1.54, 1.807) is 7.11 Å². The summed E-state index contributed by atoms with van der Waals surface area (Å²) in [5, 5.41) is 4.80. The summed E-state index contributed by atoms with van der Waals surface area (Å²) in [6.07, 6.45) is 6.21. The maximum Gasteiger partial charge on any atom is 0.359 e. The Morgan fingerprint density at radius 1 is 1.07 bits per heavy atom. The quantitative estimate of drug-likeness (QED) is 0.750. The van der Waals surface area contributed by atoms with Gasteiger partial charge in [-0.15, -0.1) is 0 Å². The molecular weight excluding hydrogens is 340 g/mol. The molecule has 0 aliphatic heterocycles. The van der Waals surface area contributed by atoms with Gasteiger partial charge in [0.2, 0.25) is 0 Å². The third-order valence-corrected chi connectivity index (χ3v) is 6.68. The van der Waals surface area contributed by atoms with Crippen molar-refractivity contribution in [3.63, 3.8) is 0 Å². The lowest BCUT2D eigenvalue weighted by molar-refractivity contribution is 0.0515. The Balaban J connectivity index is 1.68. The van der Waals surface area contributed by atoms with Crippen LogP contribution in [0.3, 0.4) is 0 Å². The summed E-state index contributed by atoms with van der Waals surface area (Å²) >= 11 is 0. The fourth-order valence-corrected chi connectivity index (χ4v) is 5.82. The van der Waals surface area contributed by atoms with Crippen LogP contribution in [-0.2, 0) is 4.74 Å². The zero-order valence-corrected chi connectivity index (χ0v) is 16.0. The first-order chi connectivity index (χ1) is 13.2. The first kappa shape index (κ1) is 16.8. The van der Waals surface area contributed by atoms with Crippen molar-refractivity contribution >= 4 is 5.97 Å². The maximum atomic E-state index is 12.7. The number of nitrogens with zero attached hydrogens (tertiary/aromatic N) is 2. The maximum absolute atomic E-state index is 12.7. The van der Waals surface area contributed by atoms with E-state index < -0.39 is 0 Å². The van der Waals surface area contributed by atoms with Crippen LogP contribution in [0.2, 0.25) is 0 Å². The van der Waals surface area contributed by atoms with Crippen LogP contribution in [0.5, 0.6) is 5.75 Å². The number of benzene rings is 1. The molecule has 2 atom stereocenters. The first-order valence-corrected chi connectivity index (χ1v) is 10.1. The van der Waals surface area contributed by atoms with Crippen molar-refractivity contribution in [2.45, 2.75) is 50.9 Å². The highest BCUT2D eigenvalue weighted by atomic mass is 16.5. The zero-order valence-electron chi connectivity index (χ0n) is 16.0. The van der Waals surface area contributed by atoms with E-state index in [1.807, 2.05) is 35.9 Å². The van der Waals surface area contributed by atoms with E-state index >= 15 is 0 Å². The molecule has 2 saturated carbocycles. The summed E-state index contributed by atoms with van der Waals surface area (Å²) in [6, 6.07) is 7.95. The van der Waals surface area contributed by atoms with Gasteiger partial charge in [-0.2, -0.15) is 5.10 Å². The fourth-order valence-electron chi connectivity index (χ4n) is 5.82. The molecule has 1 aromatic heterocycles. The molecule has 4 aliphatic carbocycles. The minimum Gasteiger partial charge on any atom is -0.497 e. The van der Waals surface area contributed by atoms with Gasteiger partial charge in [0.25, 0.3) is 0 Å². The summed E-state index contributed by atoms with van der Waals surface area (Å²) in [5.41, 5.74) is 3.97. The number of carbonyl (C=O) groups is 1. The van der Waals surface area contributed by atoms with Crippen molar-refractivity contribution in [1.82, 2.24) is 9.78 Å². The minimum absolute atomic E-state index is 0.276. The molecule has 4 bridgehead atoms. The number of rotatable bonds is 4. The number of esters is 1. The van der Waals surface area contributed by atoms with Gasteiger partial charge in [-0.3, -0.25) is 0 Å². The molecule has 27 heavy (non-hydrogen) atoms. The molecule has 5 heteroatoms. The highest BCUT2D eigenvalue weighted by Crippen LogP contribution is 2.57. The Hall–Kier alpha value is -2.30. The summed E-state index contributed by atoms with van der Waals surface area (Å²) < 4.78 is 12.7. The lowest BCUT2D eigenvalue weighted by Gasteiger charge is -2.38. The van der Waals surface area contributed by atoms with Gasteiger partial charge >= 0.3 is 5.97 Å². The molecule has 0 radical (unpaired) electrons. The normalized spacial score (nSPS) is 27.9. The second-order valence-corrected chi connectivity index (χ2v) is 8.28. The number of carbonyl (C=O) groups excluding carboxylic acids is 1. The van der Waals surface area contributed by atoms with Gasteiger partial charge in [0, 0.05) is 11.5 Å². The Morgan fingerprint density at radius 2 is 1.74 bits per heavy atom. The van der Waals surface area contributed by atoms with Crippen LogP contribution in [0.4, 0.5) is 0 Å². The predicted octanol–water partition coefficient (Wildman–Crippen LogP) is 4.45. The van der Waals surface area contributed by atoms with Crippen LogP contribution >= 0.6 is 0 Å². The molecule has 0 amide bonds. The van der Waals surface area contributed by atoms with Crippen LogP contribution in [0, 0.1) is 11.8 Å². The number of hydrogen-bond donors (Lipinski definition) is 0. The number of aromatic nitrogens is 2. The minimum atomic E-state index is -0.276. The van der Waals surface area contributed by atoms with E-state index in [9.17, 15) is 4.79 Å². The van der Waals surface area contributed by atoms with Crippen LogP contribution in [-0.4, -0.2) is 29.5 Å². The Labute approximate surface area is 159 Å². The van der Waals surface area contributed by atoms with Crippen LogP contribution in [0.15, 0.2) is 24.3 Å². The topological polar surface area (TPSA) is 53.3 Å². The molecule has 2 aromatic rings. The highest BCUT2D eigenvalue weighted by Gasteiger charge is 2.46. The molecule has 0 saturated heterocycles.